The van der Waals surface area contributed by atoms with E-state index in [-0.39, 0.29) is 34.0 Å². The third kappa shape index (κ3) is 7.30. The van der Waals surface area contributed by atoms with Crippen LogP contribution in [0.15, 0.2) is 24.5 Å². The molecule has 0 bridgehead atoms. The highest BCUT2D eigenvalue weighted by molar-refractivity contribution is 8.93. The van der Waals surface area contributed by atoms with Gasteiger partial charge in [-0.25, -0.2) is 4.57 Å². The molecule has 0 radical (unpaired) electrons. The molecule has 25 heavy (non-hydrogen) atoms. The van der Waals surface area contributed by atoms with E-state index in [0.29, 0.717) is 6.04 Å². The van der Waals surface area contributed by atoms with Gasteiger partial charge in [-0.1, -0.05) is 44.9 Å². The zero-order valence-electron chi connectivity index (χ0n) is 15.8. The van der Waals surface area contributed by atoms with Gasteiger partial charge in [0.25, 0.3) is 0 Å². The second-order valence-corrected chi connectivity index (χ2v) is 7.87. The largest absolute Gasteiger partial charge is 1.00 e. The fourth-order valence-corrected chi connectivity index (χ4v) is 4.59. The van der Waals surface area contributed by atoms with E-state index in [4.69, 9.17) is 0 Å². The van der Waals surface area contributed by atoms with Gasteiger partial charge >= 0.3 is 0 Å². The molecular formula is C21H36Br2N2. The number of pyridine rings is 1. The Balaban J connectivity index is 0.00000156. The van der Waals surface area contributed by atoms with E-state index in [1.807, 2.05) is 0 Å². The molecule has 2 heterocycles. The predicted octanol–water partition coefficient (Wildman–Crippen LogP) is 2.46. The zero-order valence-corrected chi connectivity index (χ0v) is 19.1. The maximum absolute atomic E-state index is 2.50. The fourth-order valence-electron chi connectivity index (χ4n) is 4.59. The summed E-state index contributed by atoms with van der Waals surface area (Å²) in [7, 11) is 2.26. The Hall–Kier alpha value is 0.0700. The second-order valence-electron chi connectivity index (χ2n) is 7.87. The minimum Gasteiger partial charge on any atom is -1.00 e. The summed E-state index contributed by atoms with van der Waals surface area (Å²) in [4.78, 5) is 2.50. The van der Waals surface area contributed by atoms with Crippen LogP contribution in [-0.2, 0) is 6.54 Å². The SMILES string of the molecule is Br.CN1CCCC1c1ccc[n+](CCCCCCC2CCCC2)c1.[Br-]. The first-order valence-electron chi connectivity index (χ1n) is 10.0. The number of rotatable bonds is 8. The van der Waals surface area contributed by atoms with Gasteiger partial charge in [0, 0.05) is 24.1 Å². The highest BCUT2D eigenvalue weighted by Gasteiger charge is 2.24. The van der Waals surface area contributed by atoms with Gasteiger partial charge < -0.3 is 17.0 Å². The molecule has 144 valence electrons. The molecule has 1 aliphatic carbocycles. The zero-order chi connectivity index (χ0) is 15.9. The molecule has 1 atom stereocenters. The predicted molar refractivity (Wildman–Crippen MR) is 107 cm³/mol. The van der Waals surface area contributed by atoms with Crippen molar-refractivity contribution in [2.75, 3.05) is 13.6 Å². The number of hydrogen-bond acceptors (Lipinski definition) is 1. The number of halogens is 2. The van der Waals surface area contributed by atoms with Gasteiger partial charge in [-0.05, 0) is 44.8 Å². The Kier molecular flexibility index (Phi) is 11.5. The number of likely N-dealkylation sites (tertiary alicyclic amines) is 1. The molecular weight excluding hydrogens is 440 g/mol. The summed E-state index contributed by atoms with van der Waals surface area (Å²) in [6.07, 6.45) is 20.4. The average Bonchev–Trinajstić information content (AvgIpc) is 3.22. The summed E-state index contributed by atoms with van der Waals surface area (Å²) in [5.74, 6) is 1.07. The topological polar surface area (TPSA) is 7.12 Å². The second kappa shape index (κ2) is 12.5. The molecule has 0 spiro atoms. The molecule has 1 unspecified atom stereocenters. The summed E-state index contributed by atoms with van der Waals surface area (Å²) in [6, 6.07) is 5.19. The van der Waals surface area contributed by atoms with Crippen molar-refractivity contribution in [1.82, 2.24) is 4.90 Å². The van der Waals surface area contributed by atoms with Crippen LogP contribution in [-0.4, -0.2) is 18.5 Å². The van der Waals surface area contributed by atoms with Crippen LogP contribution in [0.25, 0.3) is 0 Å². The van der Waals surface area contributed by atoms with Gasteiger partial charge in [-0.2, -0.15) is 0 Å². The van der Waals surface area contributed by atoms with Crippen LogP contribution >= 0.6 is 17.0 Å². The van der Waals surface area contributed by atoms with Crippen molar-refractivity contribution in [1.29, 1.82) is 0 Å². The number of aromatic nitrogens is 1. The number of aryl methyl sites for hydroxylation is 1. The van der Waals surface area contributed by atoms with Crippen molar-refractivity contribution >= 4 is 17.0 Å². The van der Waals surface area contributed by atoms with Crippen LogP contribution in [0.3, 0.4) is 0 Å². The summed E-state index contributed by atoms with van der Waals surface area (Å²) >= 11 is 0. The van der Waals surface area contributed by atoms with Crippen molar-refractivity contribution in [2.24, 2.45) is 5.92 Å². The van der Waals surface area contributed by atoms with Crippen molar-refractivity contribution in [3.05, 3.63) is 30.1 Å². The van der Waals surface area contributed by atoms with E-state index in [1.54, 1.807) is 0 Å². The minimum atomic E-state index is 0. The number of hydrogen-bond donors (Lipinski definition) is 0. The highest BCUT2D eigenvalue weighted by Crippen LogP contribution is 2.30. The van der Waals surface area contributed by atoms with E-state index in [9.17, 15) is 0 Å². The van der Waals surface area contributed by atoms with Crippen molar-refractivity contribution in [3.63, 3.8) is 0 Å². The van der Waals surface area contributed by atoms with E-state index in [0.717, 1.165) is 5.92 Å². The van der Waals surface area contributed by atoms with Crippen LogP contribution < -0.4 is 21.5 Å². The Morgan fingerprint density at radius 2 is 1.80 bits per heavy atom. The van der Waals surface area contributed by atoms with Gasteiger partial charge in [0.1, 0.15) is 6.54 Å². The lowest BCUT2D eigenvalue weighted by Crippen LogP contribution is -3.00. The molecule has 2 aliphatic rings. The maximum atomic E-state index is 2.50. The minimum absolute atomic E-state index is 0. The van der Waals surface area contributed by atoms with Gasteiger partial charge in [0.15, 0.2) is 12.4 Å². The molecule has 1 aromatic heterocycles. The van der Waals surface area contributed by atoms with Crippen molar-refractivity contribution < 1.29 is 21.5 Å². The van der Waals surface area contributed by atoms with Gasteiger partial charge in [-0.15, -0.1) is 17.0 Å². The lowest BCUT2D eigenvalue weighted by atomic mass is 9.99. The summed E-state index contributed by atoms with van der Waals surface area (Å²) in [5, 5.41) is 0. The lowest BCUT2D eigenvalue weighted by Gasteiger charge is -2.18. The maximum Gasteiger partial charge on any atom is 0.173 e. The molecule has 1 aromatic rings. The summed E-state index contributed by atoms with van der Waals surface area (Å²) < 4.78 is 2.42. The Labute approximate surface area is 175 Å². The molecule has 1 saturated heterocycles. The first-order chi connectivity index (χ1) is 11.3. The van der Waals surface area contributed by atoms with Crippen LogP contribution in [0.2, 0.25) is 0 Å². The molecule has 3 rings (SSSR count). The Morgan fingerprint density at radius 1 is 1.04 bits per heavy atom. The van der Waals surface area contributed by atoms with E-state index < -0.39 is 0 Å². The molecule has 4 heteroatoms. The summed E-state index contributed by atoms with van der Waals surface area (Å²) in [6.45, 7) is 2.44. The molecule has 0 amide bonds. The van der Waals surface area contributed by atoms with Crippen LogP contribution in [0, 0.1) is 5.92 Å². The van der Waals surface area contributed by atoms with Crippen molar-refractivity contribution in [3.8, 4) is 0 Å². The van der Waals surface area contributed by atoms with Crippen LogP contribution in [0.1, 0.15) is 82.2 Å². The fraction of sp³-hybridized carbons (Fsp3) is 0.762. The molecule has 1 saturated carbocycles. The van der Waals surface area contributed by atoms with Gasteiger partial charge in [-0.3, -0.25) is 4.90 Å². The third-order valence-electron chi connectivity index (χ3n) is 6.04. The summed E-state index contributed by atoms with van der Waals surface area (Å²) in [5.41, 5.74) is 1.51. The van der Waals surface area contributed by atoms with E-state index >= 15 is 0 Å². The normalized spacial score (nSPS) is 21.1. The first kappa shape index (κ1) is 23.1. The highest BCUT2D eigenvalue weighted by atomic mass is 79.9. The smallest absolute Gasteiger partial charge is 0.173 e. The van der Waals surface area contributed by atoms with Gasteiger partial charge in [0.2, 0.25) is 0 Å². The van der Waals surface area contributed by atoms with Crippen LogP contribution in [0.5, 0.6) is 0 Å². The molecule has 2 fully saturated rings. The van der Waals surface area contributed by atoms with Crippen LogP contribution in [0.4, 0.5) is 0 Å². The molecule has 0 N–H and O–H groups in total. The molecule has 2 nitrogen and oxygen atoms in total. The first-order valence-corrected chi connectivity index (χ1v) is 10.0. The quantitative estimate of drug-likeness (QED) is 0.413. The lowest BCUT2D eigenvalue weighted by molar-refractivity contribution is -0.697. The van der Waals surface area contributed by atoms with Gasteiger partial charge in [0.05, 0.1) is 0 Å². The molecule has 0 aromatic carbocycles. The molecule has 1 aliphatic heterocycles. The van der Waals surface area contributed by atoms with Crippen molar-refractivity contribution in [2.45, 2.75) is 83.2 Å². The Morgan fingerprint density at radius 3 is 2.52 bits per heavy atom. The average molecular weight is 476 g/mol. The third-order valence-corrected chi connectivity index (χ3v) is 6.04. The van der Waals surface area contributed by atoms with E-state index in [2.05, 4.69) is 41.0 Å². The number of nitrogens with zero attached hydrogens (tertiary/aromatic N) is 2. The number of unbranched alkanes of at least 4 members (excludes halogenated alkanes) is 3. The van der Waals surface area contributed by atoms with E-state index in [1.165, 1.54) is 89.3 Å². The standard InChI is InChI=1S/C21H35N2.2BrH/c1-22-15-9-14-21(22)20-13-8-17-23(18-20)16-7-3-2-4-10-19-11-5-6-12-19;;/h8,13,17-19,21H,2-7,9-12,14-16H2,1H3;2*1H/q+1;;/p-1. The monoisotopic (exact) mass is 474 g/mol. The Bertz CT molecular complexity index is 475.